The monoisotopic (exact) mass is 270 g/mol. The van der Waals surface area contributed by atoms with Gasteiger partial charge in [-0.2, -0.15) is 0 Å². The second-order valence-corrected chi connectivity index (χ2v) is 4.56. The van der Waals surface area contributed by atoms with Crippen molar-refractivity contribution in [3.8, 4) is 0 Å². The zero-order valence-corrected chi connectivity index (χ0v) is 11.3. The minimum atomic E-state index is -0.289. The first-order chi connectivity index (χ1) is 8.58. The lowest BCUT2D eigenvalue weighted by Crippen LogP contribution is -2.25. The molecule has 100 valence electrons. The molecule has 0 saturated heterocycles. The summed E-state index contributed by atoms with van der Waals surface area (Å²) >= 11 is 4.81. The Kier molecular flexibility index (Phi) is 6.18. The number of aliphatic hydroxyl groups is 1. The van der Waals surface area contributed by atoms with E-state index in [1.165, 1.54) is 6.07 Å². The smallest absolute Gasteiger partial charge is 0.128 e. The predicted octanol–water partition coefficient (Wildman–Crippen LogP) is 1.66. The van der Waals surface area contributed by atoms with E-state index in [2.05, 4.69) is 4.90 Å². The highest BCUT2D eigenvalue weighted by molar-refractivity contribution is 7.80. The molecule has 3 N–H and O–H groups in total. The van der Waals surface area contributed by atoms with Crippen LogP contribution in [0.5, 0.6) is 0 Å². The van der Waals surface area contributed by atoms with E-state index in [1.807, 2.05) is 6.92 Å². The number of nitrogens with two attached hydrogens (primary N) is 1. The maximum Gasteiger partial charge on any atom is 0.128 e. The van der Waals surface area contributed by atoms with Crippen LogP contribution in [0.25, 0.3) is 0 Å². The maximum atomic E-state index is 13.8. The van der Waals surface area contributed by atoms with Gasteiger partial charge in [0.05, 0.1) is 0 Å². The number of thiocarbonyl (C=S) groups is 1. The van der Waals surface area contributed by atoms with E-state index < -0.39 is 0 Å². The topological polar surface area (TPSA) is 49.5 Å². The van der Waals surface area contributed by atoms with Crippen molar-refractivity contribution in [2.75, 3.05) is 19.7 Å². The Morgan fingerprint density at radius 3 is 2.72 bits per heavy atom. The van der Waals surface area contributed by atoms with Crippen LogP contribution in [0.15, 0.2) is 18.2 Å². The Balaban J connectivity index is 2.74. The van der Waals surface area contributed by atoms with Gasteiger partial charge in [-0.3, -0.25) is 4.90 Å². The lowest BCUT2D eigenvalue weighted by atomic mass is 10.1. The molecule has 0 atom stereocenters. The Morgan fingerprint density at radius 2 is 2.22 bits per heavy atom. The van der Waals surface area contributed by atoms with Crippen LogP contribution in [-0.4, -0.2) is 34.7 Å². The first-order valence-corrected chi connectivity index (χ1v) is 6.40. The molecule has 1 rings (SSSR count). The molecule has 0 fully saturated rings. The summed E-state index contributed by atoms with van der Waals surface area (Å²) in [7, 11) is 0. The number of nitrogens with zero attached hydrogens (tertiary/aromatic N) is 1. The Hall–Kier alpha value is -1.04. The van der Waals surface area contributed by atoms with Crippen molar-refractivity contribution >= 4 is 17.2 Å². The van der Waals surface area contributed by atoms with E-state index in [0.717, 1.165) is 13.1 Å². The van der Waals surface area contributed by atoms with Gasteiger partial charge in [0.15, 0.2) is 0 Å². The van der Waals surface area contributed by atoms with Crippen molar-refractivity contribution in [3.05, 3.63) is 35.1 Å². The van der Waals surface area contributed by atoms with Crippen LogP contribution in [0.2, 0.25) is 0 Å². The zero-order valence-electron chi connectivity index (χ0n) is 10.5. The molecule has 0 aromatic heterocycles. The van der Waals surface area contributed by atoms with Gasteiger partial charge < -0.3 is 10.8 Å². The molecule has 1 aromatic rings. The zero-order chi connectivity index (χ0) is 13.5. The molecule has 0 heterocycles. The van der Waals surface area contributed by atoms with Gasteiger partial charge in [0.25, 0.3) is 0 Å². The van der Waals surface area contributed by atoms with E-state index in [9.17, 15) is 4.39 Å². The highest BCUT2D eigenvalue weighted by atomic mass is 32.1. The molecule has 0 aliphatic rings. The highest BCUT2D eigenvalue weighted by Gasteiger charge is 2.09. The van der Waals surface area contributed by atoms with Crippen LogP contribution >= 0.6 is 12.2 Å². The quantitative estimate of drug-likeness (QED) is 0.740. The fraction of sp³-hybridized carbons (Fsp3) is 0.462. The van der Waals surface area contributed by atoms with Crippen molar-refractivity contribution in [2.24, 2.45) is 5.73 Å². The number of benzene rings is 1. The summed E-state index contributed by atoms with van der Waals surface area (Å²) in [5, 5.41) is 8.80. The minimum Gasteiger partial charge on any atom is -0.396 e. The van der Waals surface area contributed by atoms with Crippen molar-refractivity contribution in [1.82, 2.24) is 4.90 Å². The van der Waals surface area contributed by atoms with Crippen molar-refractivity contribution in [3.63, 3.8) is 0 Å². The molecule has 0 saturated carbocycles. The van der Waals surface area contributed by atoms with E-state index in [4.69, 9.17) is 23.1 Å². The number of aliphatic hydroxyl groups excluding tert-OH is 1. The van der Waals surface area contributed by atoms with Crippen molar-refractivity contribution in [2.45, 2.75) is 19.9 Å². The summed E-state index contributed by atoms with van der Waals surface area (Å²) in [6.45, 7) is 4.26. The first-order valence-electron chi connectivity index (χ1n) is 6.00. The lowest BCUT2D eigenvalue weighted by Gasteiger charge is -2.20. The van der Waals surface area contributed by atoms with Gasteiger partial charge in [0.1, 0.15) is 10.8 Å². The lowest BCUT2D eigenvalue weighted by molar-refractivity contribution is 0.224. The van der Waals surface area contributed by atoms with Crippen LogP contribution < -0.4 is 5.73 Å². The fourth-order valence-electron chi connectivity index (χ4n) is 1.71. The van der Waals surface area contributed by atoms with Gasteiger partial charge in [0.2, 0.25) is 0 Å². The predicted molar refractivity (Wildman–Crippen MR) is 74.9 cm³/mol. The second-order valence-electron chi connectivity index (χ2n) is 4.12. The largest absolute Gasteiger partial charge is 0.396 e. The Morgan fingerprint density at radius 1 is 1.50 bits per heavy atom. The SMILES string of the molecule is CCN(CCCO)Cc1ccc(C(N)=S)cc1F. The van der Waals surface area contributed by atoms with Crippen LogP contribution in [0.1, 0.15) is 24.5 Å². The number of rotatable bonds is 7. The van der Waals surface area contributed by atoms with Gasteiger partial charge >= 0.3 is 0 Å². The normalized spacial score (nSPS) is 10.9. The van der Waals surface area contributed by atoms with E-state index in [1.54, 1.807) is 12.1 Å². The molecule has 0 spiro atoms. The van der Waals surface area contributed by atoms with Gasteiger partial charge in [0, 0.05) is 30.8 Å². The first kappa shape index (κ1) is 15.0. The number of halogens is 1. The van der Waals surface area contributed by atoms with Crippen LogP contribution in [0.4, 0.5) is 4.39 Å². The fourth-order valence-corrected chi connectivity index (χ4v) is 1.84. The summed E-state index contributed by atoms with van der Waals surface area (Å²) in [4.78, 5) is 2.28. The van der Waals surface area contributed by atoms with E-state index >= 15 is 0 Å². The molecule has 5 heteroatoms. The highest BCUT2D eigenvalue weighted by Crippen LogP contribution is 2.13. The number of hydrogen-bond donors (Lipinski definition) is 2. The molecule has 1 aromatic carbocycles. The number of hydrogen-bond acceptors (Lipinski definition) is 3. The average molecular weight is 270 g/mol. The molecule has 0 aliphatic carbocycles. The van der Waals surface area contributed by atoms with Crippen molar-refractivity contribution in [1.29, 1.82) is 0 Å². The summed E-state index contributed by atoms with van der Waals surface area (Å²) < 4.78 is 13.8. The third kappa shape index (κ3) is 4.33. The van der Waals surface area contributed by atoms with Gasteiger partial charge in [-0.15, -0.1) is 0 Å². The molecular formula is C13H19FN2OS. The summed E-state index contributed by atoms with van der Waals surface area (Å²) in [5.41, 5.74) is 6.62. The summed E-state index contributed by atoms with van der Waals surface area (Å²) in [6.07, 6.45) is 0.695. The summed E-state index contributed by atoms with van der Waals surface area (Å²) in [5.74, 6) is -0.289. The molecule has 18 heavy (non-hydrogen) atoms. The third-order valence-corrected chi connectivity index (χ3v) is 3.05. The molecule has 0 amide bonds. The van der Waals surface area contributed by atoms with Gasteiger partial charge in [-0.1, -0.05) is 31.3 Å². The van der Waals surface area contributed by atoms with E-state index in [0.29, 0.717) is 24.1 Å². The molecular weight excluding hydrogens is 251 g/mol. The van der Waals surface area contributed by atoms with Gasteiger partial charge in [-0.25, -0.2) is 4.39 Å². The molecule has 0 unspecified atom stereocenters. The molecule has 0 bridgehead atoms. The Bertz CT molecular complexity index is 412. The standard InChI is InChI=1S/C13H19FN2OS/c1-2-16(6-3-7-17)9-11-5-4-10(13(15)18)8-12(11)14/h4-5,8,17H,2-3,6-7,9H2,1H3,(H2,15,18). The molecule has 3 nitrogen and oxygen atoms in total. The summed E-state index contributed by atoms with van der Waals surface area (Å²) in [6, 6.07) is 4.82. The molecule has 0 radical (unpaired) electrons. The van der Waals surface area contributed by atoms with Crippen LogP contribution in [0.3, 0.4) is 0 Å². The Labute approximate surface area is 112 Å². The van der Waals surface area contributed by atoms with Crippen molar-refractivity contribution < 1.29 is 9.50 Å². The second kappa shape index (κ2) is 7.41. The maximum absolute atomic E-state index is 13.8. The van der Waals surface area contributed by atoms with Crippen LogP contribution in [-0.2, 0) is 6.54 Å². The average Bonchev–Trinajstić information content (AvgIpc) is 2.35. The van der Waals surface area contributed by atoms with E-state index in [-0.39, 0.29) is 17.4 Å². The van der Waals surface area contributed by atoms with Crippen LogP contribution in [0, 0.1) is 5.82 Å². The van der Waals surface area contributed by atoms with Gasteiger partial charge in [-0.05, 0) is 19.0 Å². The minimum absolute atomic E-state index is 0.152. The molecule has 0 aliphatic heterocycles. The third-order valence-electron chi connectivity index (χ3n) is 2.81.